The Morgan fingerprint density at radius 3 is 2.62 bits per heavy atom. The molecule has 0 aliphatic carbocycles. The van der Waals surface area contributed by atoms with Gasteiger partial charge in [0, 0.05) is 12.1 Å². The Balaban J connectivity index is 2.74. The summed E-state index contributed by atoms with van der Waals surface area (Å²) in [5.41, 5.74) is 5.85. The summed E-state index contributed by atoms with van der Waals surface area (Å²) in [7, 11) is -3.42. The molecular weight excluding hydrogens is 230 g/mol. The normalized spacial score (nSPS) is 11.2. The summed E-state index contributed by atoms with van der Waals surface area (Å²) in [6.45, 7) is 0. The van der Waals surface area contributed by atoms with Crippen LogP contribution in [0.25, 0.3) is 0 Å². The fourth-order valence-electron chi connectivity index (χ4n) is 1.24. The van der Waals surface area contributed by atoms with Crippen molar-refractivity contribution in [1.82, 2.24) is 0 Å². The maximum absolute atomic E-state index is 11.7. The maximum atomic E-state index is 11.7. The number of rotatable bonds is 5. The van der Waals surface area contributed by atoms with Gasteiger partial charge in [-0.05, 0) is 24.6 Å². The zero-order chi connectivity index (χ0) is 12.2. The molecule has 3 N–H and O–H groups in total. The summed E-state index contributed by atoms with van der Waals surface area (Å²) >= 11 is 0. The van der Waals surface area contributed by atoms with E-state index in [2.05, 4.69) is 0 Å². The number of carboxylic acid groups (broad SMARTS) is 1. The van der Waals surface area contributed by atoms with Gasteiger partial charge in [0.05, 0.1) is 10.6 Å². The lowest BCUT2D eigenvalue weighted by Gasteiger charge is -2.04. The molecule has 0 aromatic heterocycles. The lowest BCUT2D eigenvalue weighted by molar-refractivity contribution is -0.137. The van der Waals surface area contributed by atoms with Gasteiger partial charge in [0.2, 0.25) is 0 Å². The van der Waals surface area contributed by atoms with Gasteiger partial charge >= 0.3 is 5.97 Å². The minimum absolute atomic E-state index is 0.104. The van der Waals surface area contributed by atoms with Crippen LogP contribution < -0.4 is 5.73 Å². The van der Waals surface area contributed by atoms with Crippen molar-refractivity contribution >= 4 is 21.5 Å². The number of hydrogen-bond donors (Lipinski definition) is 2. The lowest BCUT2D eigenvalue weighted by Crippen LogP contribution is -2.09. The average molecular weight is 243 g/mol. The summed E-state index contributed by atoms with van der Waals surface area (Å²) in [6, 6.07) is 5.97. The minimum atomic E-state index is -3.42. The highest BCUT2D eigenvalue weighted by molar-refractivity contribution is 7.91. The van der Waals surface area contributed by atoms with E-state index in [0.29, 0.717) is 5.69 Å². The first-order chi connectivity index (χ1) is 7.42. The predicted molar refractivity (Wildman–Crippen MR) is 59.8 cm³/mol. The third-order valence-corrected chi connectivity index (χ3v) is 3.82. The van der Waals surface area contributed by atoms with Gasteiger partial charge in [-0.25, -0.2) is 8.42 Å². The number of anilines is 1. The maximum Gasteiger partial charge on any atom is 0.303 e. The Labute approximate surface area is 93.8 Å². The van der Waals surface area contributed by atoms with Gasteiger partial charge in [-0.3, -0.25) is 4.79 Å². The van der Waals surface area contributed by atoms with E-state index in [4.69, 9.17) is 10.8 Å². The van der Waals surface area contributed by atoms with Gasteiger partial charge < -0.3 is 10.8 Å². The van der Waals surface area contributed by atoms with Gasteiger partial charge in [0.15, 0.2) is 9.84 Å². The SMILES string of the molecule is Nc1cccc(S(=O)(=O)CCCC(=O)O)c1. The van der Waals surface area contributed by atoms with Crippen LogP contribution in [-0.4, -0.2) is 25.2 Å². The number of sulfone groups is 1. The zero-order valence-corrected chi connectivity index (χ0v) is 9.40. The molecule has 88 valence electrons. The predicted octanol–water partition coefficient (Wildman–Crippen LogP) is 0.907. The van der Waals surface area contributed by atoms with Crippen molar-refractivity contribution in [2.45, 2.75) is 17.7 Å². The third kappa shape index (κ3) is 3.54. The second-order valence-electron chi connectivity index (χ2n) is 3.39. The van der Waals surface area contributed by atoms with Crippen LogP contribution >= 0.6 is 0 Å². The molecule has 0 spiro atoms. The molecule has 5 nitrogen and oxygen atoms in total. The molecule has 0 bridgehead atoms. The zero-order valence-electron chi connectivity index (χ0n) is 8.59. The number of hydrogen-bond acceptors (Lipinski definition) is 4. The molecular formula is C10H13NO4S. The quantitative estimate of drug-likeness (QED) is 0.749. The second-order valence-corrected chi connectivity index (χ2v) is 5.50. The summed E-state index contributed by atoms with van der Waals surface area (Å²) in [4.78, 5) is 10.4. The highest BCUT2D eigenvalue weighted by Gasteiger charge is 2.14. The van der Waals surface area contributed by atoms with Gasteiger partial charge in [-0.1, -0.05) is 6.07 Å². The fourth-order valence-corrected chi connectivity index (χ4v) is 2.60. The molecule has 0 aliphatic rings. The first-order valence-electron chi connectivity index (χ1n) is 4.72. The number of nitrogen functional groups attached to an aromatic ring is 1. The average Bonchev–Trinajstić information content (AvgIpc) is 2.16. The van der Waals surface area contributed by atoms with Gasteiger partial charge in [-0.2, -0.15) is 0 Å². The third-order valence-electron chi connectivity index (χ3n) is 2.02. The molecule has 0 amide bonds. The number of benzene rings is 1. The van der Waals surface area contributed by atoms with Crippen molar-refractivity contribution in [3.8, 4) is 0 Å². The molecule has 0 radical (unpaired) electrons. The smallest absolute Gasteiger partial charge is 0.303 e. The van der Waals surface area contributed by atoms with Crippen molar-refractivity contribution in [2.24, 2.45) is 0 Å². The van der Waals surface area contributed by atoms with E-state index >= 15 is 0 Å². The molecule has 6 heteroatoms. The van der Waals surface area contributed by atoms with Crippen LogP contribution in [0.3, 0.4) is 0 Å². The molecule has 0 heterocycles. The van der Waals surface area contributed by atoms with Gasteiger partial charge in [-0.15, -0.1) is 0 Å². The Kier molecular flexibility index (Phi) is 3.89. The van der Waals surface area contributed by atoms with Crippen LogP contribution in [0.5, 0.6) is 0 Å². The van der Waals surface area contributed by atoms with E-state index < -0.39 is 15.8 Å². The van der Waals surface area contributed by atoms with E-state index in [1.165, 1.54) is 12.1 Å². The number of aliphatic carboxylic acids is 1. The van der Waals surface area contributed by atoms with E-state index in [0.717, 1.165) is 0 Å². The first kappa shape index (κ1) is 12.5. The van der Waals surface area contributed by atoms with Gasteiger partial charge in [0.25, 0.3) is 0 Å². The summed E-state index contributed by atoms with van der Waals surface area (Å²) in [6.07, 6.45) is -0.0476. The summed E-state index contributed by atoms with van der Waals surface area (Å²) in [5, 5.41) is 8.41. The minimum Gasteiger partial charge on any atom is -0.481 e. The molecule has 16 heavy (non-hydrogen) atoms. The Morgan fingerprint density at radius 1 is 1.38 bits per heavy atom. The van der Waals surface area contributed by atoms with E-state index in [1.54, 1.807) is 12.1 Å². The lowest BCUT2D eigenvalue weighted by atomic mass is 10.3. The van der Waals surface area contributed by atoms with E-state index in [9.17, 15) is 13.2 Å². The largest absolute Gasteiger partial charge is 0.481 e. The van der Waals surface area contributed by atoms with Gasteiger partial charge in [0.1, 0.15) is 0 Å². The highest BCUT2D eigenvalue weighted by atomic mass is 32.2. The first-order valence-corrected chi connectivity index (χ1v) is 6.37. The van der Waals surface area contributed by atoms with E-state index in [-0.39, 0.29) is 23.5 Å². The second kappa shape index (κ2) is 4.98. The Morgan fingerprint density at radius 2 is 2.06 bits per heavy atom. The van der Waals surface area contributed by atoms with Crippen LogP contribution in [0.15, 0.2) is 29.2 Å². The monoisotopic (exact) mass is 243 g/mol. The molecule has 1 aromatic carbocycles. The summed E-state index contributed by atoms with van der Waals surface area (Å²) < 4.78 is 23.4. The van der Waals surface area contributed by atoms with Crippen LogP contribution in [0.4, 0.5) is 5.69 Å². The fraction of sp³-hybridized carbons (Fsp3) is 0.300. The van der Waals surface area contributed by atoms with Crippen molar-refractivity contribution in [1.29, 1.82) is 0 Å². The van der Waals surface area contributed by atoms with Crippen LogP contribution in [0, 0.1) is 0 Å². The molecule has 0 saturated heterocycles. The standard InChI is InChI=1S/C10H13NO4S/c11-8-3-1-4-9(7-8)16(14,15)6-2-5-10(12)13/h1,3-4,7H,2,5-6,11H2,(H,12,13). The highest BCUT2D eigenvalue weighted by Crippen LogP contribution is 2.15. The number of nitrogens with two attached hydrogens (primary N) is 1. The molecule has 0 fully saturated rings. The van der Waals surface area contributed by atoms with Crippen molar-refractivity contribution in [3.05, 3.63) is 24.3 Å². The van der Waals surface area contributed by atoms with Crippen LogP contribution in [0.1, 0.15) is 12.8 Å². The van der Waals surface area contributed by atoms with Crippen molar-refractivity contribution in [2.75, 3.05) is 11.5 Å². The Hall–Kier alpha value is -1.56. The molecule has 0 saturated carbocycles. The topological polar surface area (TPSA) is 97.5 Å². The number of carbonyl (C=O) groups is 1. The Bertz CT molecular complexity index is 481. The molecule has 1 aromatic rings. The van der Waals surface area contributed by atoms with E-state index in [1.807, 2.05) is 0 Å². The van der Waals surface area contributed by atoms with Crippen molar-refractivity contribution in [3.63, 3.8) is 0 Å². The molecule has 1 rings (SSSR count). The number of carboxylic acids is 1. The summed E-state index contributed by atoms with van der Waals surface area (Å²) in [5.74, 6) is -1.18. The molecule has 0 aliphatic heterocycles. The van der Waals surface area contributed by atoms with Crippen LogP contribution in [0.2, 0.25) is 0 Å². The van der Waals surface area contributed by atoms with Crippen LogP contribution in [-0.2, 0) is 14.6 Å². The van der Waals surface area contributed by atoms with Crippen molar-refractivity contribution < 1.29 is 18.3 Å². The molecule has 0 unspecified atom stereocenters. The molecule has 0 atom stereocenters.